The predicted molar refractivity (Wildman–Crippen MR) is 121 cm³/mol. The minimum Gasteiger partial charge on any atom is -0.508 e. The number of Topliss-reactive ketones (excluding diaryl/α,β-unsaturated/α-hetero) is 1. The zero-order chi connectivity index (χ0) is 22.5. The summed E-state index contributed by atoms with van der Waals surface area (Å²) < 4.78 is 0. The molecule has 0 radical (unpaired) electrons. The number of aromatic nitrogens is 2. The number of hydrogen-bond donors (Lipinski definition) is 1. The topological polar surface area (TPSA) is 86.9 Å². The molecule has 4 atom stereocenters. The highest BCUT2D eigenvalue weighted by Crippen LogP contribution is 2.56. The number of nitrogens with zero attached hydrogens (tertiary/aromatic N) is 3. The van der Waals surface area contributed by atoms with E-state index in [1.807, 2.05) is 44.2 Å². The van der Waals surface area contributed by atoms with Crippen LogP contribution in [0.2, 0.25) is 0 Å². The normalized spacial score (nSPS) is 26.7. The molecular formula is C27H25N3O2. The van der Waals surface area contributed by atoms with Gasteiger partial charge in [0.05, 0.1) is 17.5 Å². The smallest absolute Gasteiger partial charge is 0.153 e. The summed E-state index contributed by atoms with van der Waals surface area (Å²) in [7, 11) is 0. The molecule has 1 fully saturated rings. The highest BCUT2D eigenvalue weighted by molar-refractivity contribution is 5.87. The largest absolute Gasteiger partial charge is 0.508 e. The maximum Gasteiger partial charge on any atom is 0.153 e. The molecule has 1 unspecified atom stereocenters. The van der Waals surface area contributed by atoms with Crippen LogP contribution < -0.4 is 0 Å². The lowest BCUT2D eigenvalue weighted by Gasteiger charge is -2.51. The lowest BCUT2D eigenvalue weighted by atomic mass is 9.50. The van der Waals surface area contributed by atoms with Gasteiger partial charge < -0.3 is 5.11 Å². The molecule has 2 aliphatic carbocycles. The van der Waals surface area contributed by atoms with Crippen LogP contribution in [0.15, 0.2) is 54.6 Å². The number of ketones is 1. The van der Waals surface area contributed by atoms with Gasteiger partial charge in [0.15, 0.2) is 5.78 Å². The summed E-state index contributed by atoms with van der Waals surface area (Å²) in [6, 6.07) is 19.6. The molecule has 2 aromatic carbocycles. The predicted octanol–water partition coefficient (Wildman–Crippen LogP) is 4.75. The first kappa shape index (κ1) is 20.4. The van der Waals surface area contributed by atoms with Gasteiger partial charge in [-0.15, -0.1) is 0 Å². The molecule has 0 saturated heterocycles. The molecule has 1 aromatic heterocycles. The summed E-state index contributed by atoms with van der Waals surface area (Å²) >= 11 is 0. The van der Waals surface area contributed by atoms with Crippen LogP contribution in [0.5, 0.6) is 5.75 Å². The minimum atomic E-state index is -0.653. The third-order valence-electron chi connectivity index (χ3n) is 7.39. The number of carbonyl (C=O) groups excluding carboxylic acids is 1. The van der Waals surface area contributed by atoms with Crippen LogP contribution in [0, 0.1) is 36.0 Å². The van der Waals surface area contributed by atoms with Crippen LogP contribution in [0.3, 0.4) is 0 Å². The maximum atomic E-state index is 13.0. The lowest BCUT2D eigenvalue weighted by molar-refractivity contribution is -0.131. The first-order chi connectivity index (χ1) is 15.5. The number of aromatic hydroxyl groups is 1. The first-order valence-corrected chi connectivity index (χ1v) is 11.1. The van der Waals surface area contributed by atoms with Gasteiger partial charge in [-0.05, 0) is 61.9 Å². The monoisotopic (exact) mass is 423 g/mol. The Labute approximate surface area is 187 Å². The molecule has 5 nitrogen and oxygen atoms in total. The van der Waals surface area contributed by atoms with Gasteiger partial charge in [-0.3, -0.25) is 4.79 Å². The third-order valence-corrected chi connectivity index (χ3v) is 7.39. The Morgan fingerprint density at radius 1 is 1.09 bits per heavy atom. The van der Waals surface area contributed by atoms with E-state index in [0.29, 0.717) is 12.2 Å². The number of aryl methyl sites for hydroxylation is 1. The van der Waals surface area contributed by atoms with Crippen molar-refractivity contribution in [3.05, 3.63) is 77.2 Å². The van der Waals surface area contributed by atoms with Gasteiger partial charge in [-0.1, -0.05) is 37.3 Å². The molecule has 5 rings (SSSR count). The van der Waals surface area contributed by atoms with Crippen LogP contribution in [0.4, 0.5) is 0 Å². The summed E-state index contributed by atoms with van der Waals surface area (Å²) in [5, 5.41) is 19.6. The van der Waals surface area contributed by atoms with Crippen LogP contribution in [0.1, 0.15) is 42.4 Å². The average Bonchev–Trinajstić information content (AvgIpc) is 2.81. The fraction of sp³-hybridized carbons (Fsp3) is 0.333. The lowest BCUT2D eigenvalue weighted by Crippen LogP contribution is -2.53. The number of rotatable bonds is 2. The number of phenols is 1. The summed E-state index contributed by atoms with van der Waals surface area (Å²) in [5.41, 5.74) is 4.44. The Hall–Kier alpha value is -3.52. The van der Waals surface area contributed by atoms with Gasteiger partial charge in [-0.2, -0.15) is 5.26 Å². The molecule has 1 N–H and O–H groups in total. The molecule has 160 valence electrons. The van der Waals surface area contributed by atoms with Crippen LogP contribution in [-0.4, -0.2) is 20.9 Å². The number of phenolic OH excluding ortho intramolecular Hbond substituents is 1. The summed E-state index contributed by atoms with van der Waals surface area (Å²) in [5.74, 6) is 0.147. The Kier molecular flexibility index (Phi) is 4.82. The summed E-state index contributed by atoms with van der Waals surface area (Å²) in [4.78, 5) is 22.8. The molecule has 3 aromatic rings. The summed E-state index contributed by atoms with van der Waals surface area (Å²) in [6.07, 6.45) is 2.06. The Morgan fingerprint density at radius 3 is 2.50 bits per heavy atom. The van der Waals surface area contributed by atoms with Crippen molar-refractivity contribution in [1.29, 1.82) is 5.26 Å². The molecule has 0 aliphatic heterocycles. The Morgan fingerprint density at radius 2 is 1.81 bits per heavy atom. The van der Waals surface area contributed by atoms with Crippen LogP contribution in [-0.2, 0) is 16.6 Å². The number of benzene rings is 2. The fourth-order valence-electron chi connectivity index (χ4n) is 5.96. The van der Waals surface area contributed by atoms with E-state index in [1.54, 1.807) is 12.1 Å². The quantitative estimate of drug-likeness (QED) is 0.642. The van der Waals surface area contributed by atoms with Gasteiger partial charge >= 0.3 is 0 Å². The molecule has 32 heavy (non-hydrogen) atoms. The van der Waals surface area contributed by atoms with Crippen LogP contribution in [0.25, 0.3) is 11.3 Å². The first-order valence-electron chi connectivity index (χ1n) is 11.1. The molecule has 1 saturated carbocycles. The Bertz CT molecular complexity index is 1230. The maximum absolute atomic E-state index is 13.0. The molecular weight excluding hydrogens is 398 g/mol. The fourth-order valence-corrected chi connectivity index (χ4v) is 5.96. The van der Waals surface area contributed by atoms with Crippen molar-refractivity contribution in [2.45, 2.75) is 38.5 Å². The van der Waals surface area contributed by atoms with Crippen molar-refractivity contribution in [2.75, 3.05) is 0 Å². The molecule has 5 heteroatoms. The number of fused-ring (bicyclic) bond motifs is 3. The minimum absolute atomic E-state index is 0.0528. The van der Waals surface area contributed by atoms with Crippen molar-refractivity contribution >= 4 is 5.78 Å². The van der Waals surface area contributed by atoms with E-state index in [-0.39, 0.29) is 23.4 Å². The van der Waals surface area contributed by atoms with E-state index in [2.05, 4.69) is 18.2 Å². The SMILES string of the molecule is Cc1nc(-c2ccc(O)cc2)c2c(n1)[C@@]1(c3ccccc3)CC(C#N)C(=O)[C@@H](C)[C@@H]1CC2. The van der Waals surface area contributed by atoms with Gasteiger partial charge in [0, 0.05) is 22.5 Å². The van der Waals surface area contributed by atoms with E-state index in [9.17, 15) is 15.2 Å². The van der Waals surface area contributed by atoms with Gasteiger partial charge in [-0.25, -0.2) is 9.97 Å². The standard InChI is InChI=1S/C27H25N3O2/c1-16-23-13-12-22-24(18-8-10-21(31)11-9-18)29-17(2)30-26(22)27(23,14-19(15-28)25(16)32)20-6-4-3-5-7-20/h3-11,16,19,23,31H,12-14H2,1-2H3/t16-,19?,23-,27+/m0/s1. The van der Waals surface area contributed by atoms with Crippen molar-refractivity contribution in [3.8, 4) is 23.1 Å². The van der Waals surface area contributed by atoms with Crippen molar-refractivity contribution in [1.82, 2.24) is 9.97 Å². The van der Waals surface area contributed by atoms with E-state index < -0.39 is 11.3 Å². The Balaban J connectivity index is 1.81. The zero-order valence-corrected chi connectivity index (χ0v) is 18.2. The van der Waals surface area contributed by atoms with E-state index in [0.717, 1.165) is 40.9 Å². The highest BCUT2D eigenvalue weighted by atomic mass is 16.3. The molecule has 0 amide bonds. The zero-order valence-electron chi connectivity index (χ0n) is 18.2. The van der Waals surface area contributed by atoms with Crippen molar-refractivity contribution in [2.24, 2.45) is 17.8 Å². The molecule has 1 heterocycles. The number of nitriles is 1. The van der Waals surface area contributed by atoms with Gasteiger partial charge in [0.25, 0.3) is 0 Å². The van der Waals surface area contributed by atoms with Gasteiger partial charge in [0.2, 0.25) is 0 Å². The van der Waals surface area contributed by atoms with Crippen molar-refractivity contribution in [3.63, 3.8) is 0 Å². The summed E-state index contributed by atoms with van der Waals surface area (Å²) in [6.45, 7) is 3.87. The molecule has 0 bridgehead atoms. The third kappa shape index (κ3) is 2.94. The van der Waals surface area contributed by atoms with Gasteiger partial charge in [0.1, 0.15) is 17.5 Å². The number of carbonyl (C=O) groups is 1. The average molecular weight is 424 g/mol. The molecule has 0 spiro atoms. The number of hydrogen-bond acceptors (Lipinski definition) is 5. The molecule has 2 aliphatic rings. The van der Waals surface area contributed by atoms with E-state index in [1.165, 1.54) is 0 Å². The highest BCUT2D eigenvalue weighted by Gasteiger charge is 2.56. The second-order valence-electron chi connectivity index (χ2n) is 9.05. The second-order valence-corrected chi connectivity index (χ2v) is 9.05. The van der Waals surface area contributed by atoms with Crippen molar-refractivity contribution < 1.29 is 9.90 Å². The van der Waals surface area contributed by atoms with E-state index in [4.69, 9.17) is 9.97 Å². The van der Waals surface area contributed by atoms with E-state index >= 15 is 0 Å². The van der Waals surface area contributed by atoms with Crippen LogP contribution >= 0.6 is 0 Å². The second kappa shape index (κ2) is 7.56.